The fraction of sp³-hybridized carbons (Fsp3) is 0.600. The van der Waals surface area contributed by atoms with Crippen molar-refractivity contribution in [3.63, 3.8) is 0 Å². The highest BCUT2D eigenvalue weighted by atomic mass is 32.1. The van der Waals surface area contributed by atoms with Crippen LogP contribution in [0.25, 0.3) is 0 Å². The van der Waals surface area contributed by atoms with Gasteiger partial charge in [0.25, 0.3) is 0 Å². The molecule has 0 aromatic carbocycles. The van der Waals surface area contributed by atoms with Crippen LogP contribution < -0.4 is 11.1 Å². The zero-order chi connectivity index (χ0) is 13.8. The topological polar surface area (TPSA) is 50.9 Å². The van der Waals surface area contributed by atoms with Gasteiger partial charge in [0.15, 0.2) is 0 Å². The molecule has 0 spiro atoms. The fourth-order valence-electron chi connectivity index (χ4n) is 2.69. The molecular formula is C15H23N3S. The maximum Gasteiger partial charge on any atom is 0.136 e. The SMILES string of the molecule is CCCC(CC)Nc1nc2c(cc1C(N)=S)CCC2. The van der Waals surface area contributed by atoms with E-state index in [0.29, 0.717) is 11.0 Å². The molecule has 0 radical (unpaired) electrons. The number of anilines is 1. The number of hydrogen-bond acceptors (Lipinski definition) is 3. The Bertz CT molecular complexity index is 471. The number of hydrogen-bond donors (Lipinski definition) is 2. The number of aromatic nitrogens is 1. The Morgan fingerprint density at radius 2 is 2.26 bits per heavy atom. The van der Waals surface area contributed by atoms with E-state index in [9.17, 15) is 0 Å². The maximum absolute atomic E-state index is 5.85. The lowest BCUT2D eigenvalue weighted by molar-refractivity contribution is 0.620. The van der Waals surface area contributed by atoms with Crippen molar-refractivity contribution in [1.82, 2.24) is 4.98 Å². The summed E-state index contributed by atoms with van der Waals surface area (Å²) < 4.78 is 0. The van der Waals surface area contributed by atoms with Crippen molar-refractivity contribution in [2.75, 3.05) is 5.32 Å². The van der Waals surface area contributed by atoms with Crippen LogP contribution >= 0.6 is 12.2 Å². The van der Waals surface area contributed by atoms with Gasteiger partial charge >= 0.3 is 0 Å². The molecule has 1 aromatic rings. The predicted octanol–water partition coefficient (Wildman–Crippen LogP) is 3.20. The predicted molar refractivity (Wildman–Crippen MR) is 84.8 cm³/mol. The summed E-state index contributed by atoms with van der Waals surface area (Å²) >= 11 is 5.17. The summed E-state index contributed by atoms with van der Waals surface area (Å²) in [7, 11) is 0. The molecule has 1 unspecified atom stereocenters. The smallest absolute Gasteiger partial charge is 0.136 e. The van der Waals surface area contributed by atoms with Gasteiger partial charge in [-0.2, -0.15) is 0 Å². The zero-order valence-corrected chi connectivity index (χ0v) is 12.6. The molecular weight excluding hydrogens is 254 g/mol. The van der Waals surface area contributed by atoms with Crippen molar-refractivity contribution < 1.29 is 0 Å². The van der Waals surface area contributed by atoms with Crippen LogP contribution in [0.3, 0.4) is 0 Å². The van der Waals surface area contributed by atoms with Crippen LogP contribution in [-0.4, -0.2) is 16.0 Å². The number of fused-ring (bicyclic) bond motifs is 1. The number of pyridine rings is 1. The number of nitrogens with two attached hydrogens (primary N) is 1. The third-order valence-corrected chi connectivity index (χ3v) is 4.01. The van der Waals surface area contributed by atoms with Crippen LogP contribution in [-0.2, 0) is 12.8 Å². The quantitative estimate of drug-likeness (QED) is 0.784. The molecule has 0 saturated carbocycles. The van der Waals surface area contributed by atoms with E-state index in [0.717, 1.165) is 37.1 Å². The number of aryl methyl sites for hydroxylation is 2. The van der Waals surface area contributed by atoms with E-state index in [1.807, 2.05) is 0 Å². The minimum atomic E-state index is 0.441. The Balaban J connectivity index is 2.29. The molecule has 19 heavy (non-hydrogen) atoms. The number of nitrogens with zero attached hydrogens (tertiary/aromatic N) is 1. The zero-order valence-electron chi connectivity index (χ0n) is 11.8. The fourth-order valence-corrected chi connectivity index (χ4v) is 2.85. The van der Waals surface area contributed by atoms with Crippen LogP contribution in [0.5, 0.6) is 0 Å². The normalized spacial score (nSPS) is 15.1. The first-order chi connectivity index (χ1) is 9.15. The van der Waals surface area contributed by atoms with E-state index in [4.69, 9.17) is 22.9 Å². The first kappa shape index (κ1) is 14.3. The third kappa shape index (κ3) is 3.24. The molecule has 1 atom stereocenters. The van der Waals surface area contributed by atoms with Gasteiger partial charge in [0.2, 0.25) is 0 Å². The van der Waals surface area contributed by atoms with E-state index in [2.05, 4.69) is 25.2 Å². The van der Waals surface area contributed by atoms with Crippen molar-refractivity contribution in [2.45, 2.75) is 58.4 Å². The Morgan fingerprint density at radius 3 is 2.89 bits per heavy atom. The van der Waals surface area contributed by atoms with Gasteiger partial charge in [-0.3, -0.25) is 0 Å². The van der Waals surface area contributed by atoms with Crippen molar-refractivity contribution in [3.05, 3.63) is 22.9 Å². The van der Waals surface area contributed by atoms with Gasteiger partial charge in [0, 0.05) is 11.7 Å². The van der Waals surface area contributed by atoms with E-state index < -0.39 is 0 Å². The summed E-state index contributed by atoms with van der Waals surface area (Å²) in [6.45, 7) is 4.40. The summed E-state index contributed by atoms with van der Waals surface area (Å²) in [5.74, 6) is 0.883. The van der Waals surface area contributed by atoms with Gasteiger partial charge in [-0.1, -0.05) is 32.5 Å². The lowest BCUT2D eigenvalue weighted by Crippen LogP contribution is -2.23. The minimum Gasteiger partial charge on any atom is -0.389 e. The monoisotopic (exact) mass is 277 g/mol. The lowest BCUT2D eigenvalue weighted by Gasteiger charge is -2.19. The number of rotatable bonds is 6. The Morgan fingerprint density at radius 1 is 1.47 bits per heavy atom. The highest BCUT2D eigenvalue weighted by molar-refractivity contribution is 7.80. The summed E-state index contributed by atoms with van der Waals surface area (Å²) in [6.07, 6.45) is 6.76. The molecule has 0 fully saturated rings. The molecule has 0 bridgehead atoms. The third-order valence-electron chi connectivity index (χ3n) is 3.79. The average molecular weight is 277 g/mol. The molecule has 3 N–H and O–H groups in total. The van der Waals surface area contributed by atoms with Crippen molar-refractivity contribution in [3.8, 4) is 0 Å². The molecule has 104 valence electrons. The standard InChI is InChI=1S/C15H23N3S/c1-3-6-11(4-2)17-15-12(14(16)19)9-10-7-5-8-13(10)18-15/h9,11H,3-8H2,1-2H3,(H2,16,19)(H,17,18). The second kappa shape index (κ2) is 6.33. The lowest BCUT2D eigenvalue weighted by atomic mass is 10.1. The highest BCUT2D eigenvalue weighted by Crippen LogP contribution is 2.26. The second-order valence-electron chi connectivity index (χ2n) is 5.25. The molecule has 1 aliphatic rings. The summed E-state index contributed by atoms with van der Waals surface area (Å²) in [4.78, 5) is 5.21. The molecule has 2 rings (SSSR count). The number of thiocarbonyl (C=S) groups is 1. The van der Waals surface area contributed by atoms with E-state index >= 15 is 0 Å². The molecule has 4 heteroatoms. The van der Waals surface area contributed by atoms with Crippen molar-refractivity contribution in [1.29, 1.82) is 0 Å². The summed E-state index contributed by atoms with van der Waals surface area (Å²) in [5, 5.41) is 3.53. The average Bonchev–Trinajstić information content (AvgIpc) is 2.84. The first-order valence-electron chi connectivity index (χ1n) is 7.24. The first-order valence-corrected chi connectivity index (χ1v) is 7.65. The Labute approximate surface area is 121 Å². The van der Waals surface area contributed by atoms with E-state index in [-0.39, 0.29) is 0 Å². The summed E-state index contributed by atoms with van der Waals surface area (Å²) in [5.41, 5.74) is 9.29. The summed E-state index contributed by atoms with van der Waals surface area (Å²) in [6, 6.07) is 2.59. The molecule has 1 aliphatic carbocycles. The molecule has 0 saturated heterocycles. The van der Waals surface area contributed by atoms with E-state index in [1.54, 1.807) is 0 Å². The number of nitrogens with one attached hydrogen (secondary N) is 1. The van der Waals surface area contributed by atoms with Crippen molar-refractivity contribution >= 4 is 23.0 Å². The van der Waals surface area contributed by atoms with Gasteiger partial charge in [0.1, 0.15) is 10.8 Å². The van der Waals surface area contributed by atoms with Crippen LogP contribution in [0.1, 0.15) is 56.4 Å². The van der Waals surface area contributed by atoms with E-state index in [1.165, 1.54) is 24.1 Å². The van der Waals surface area contributed by atoms with Gasteiger partial charge in [-0.05, 0) is 43.7 Å². The van der Waals surface area contributed by atoms with Gasteiger partial charge in [-0.25, -0.2) is 4.98 Å². The van der Waals surface area contributed by atoms with Gasteiger partial charge < -0.3 is 11.1 Å². The second-order valence-corrected chi connectivity index (χ2v) is 5.69. The Hall–Kier alpha value is -1.16. The highest BCUT2D eigenvalue weighted by Gasteiger charge is 2.18. The molecule has 0 aliphatic heterocycles. The van der Waals surface area contributed by atoms with Crippen LogP contribution in [0, 0.1) is 0 Å². The van der Waals surface area contributed by atoms with Crippen LogP contribution in [0.2, 0.25) is 0 Å². The van der Waals surface area contributed by atoms with Crippen LogP contribution in [0.4, 0.5) is 5.82 Å². The molecule has 1 aromatic heterocycles. The molecule has 3 nitrogen and oxygen atoms in total. The minimum absolute atomic E-state index is 0.441. The van der Waals surface area contributed by atoms with Gasteiger partial charge in [-0.15, -0.1) is 0 Å². The molecule has 0 amide bonds. The Kier molecular flexibility index (Phi) is 4.75. The van der Waals surface area contributed by atoms with Crippen molar-refractivity contribution in [2.24, 2.45) is 5.73 Å². The van der Waals surface area contributed by atoms with Crippen LogP contribution in [0.15, 0.2) is 6.07 Å². The molecule has 1 heterocycles. The van der Waals surface area contributed by atoms with Gasteiger partial charge in [0.05, 0.1) is 5.56 Å². The maximum atomic E-state index is 5.85. The largest absolute Gasteiger partial charge is 0.389 e.